The Morgan fingerprint density at radius 2 is 1.84 bits per heavy atom. The monoisotopic (exact) mass is 354 g/mol. The molecule has 128 valence electrons. The lowest BCUT2D eigenvalue weighted by atomic mass is 10.1. The van der Waals surface area contributed by atoms with Gasteiger partial charge < -0.3 is 15.4 Å². The molecule has 0 aliphatic rings. The van der Waals surface area contributed by atoms with Crippen molar-refractivity contribution in [1.29, 1.82) is 0 Å². The number of ether oxygens (including phenoxy) is 1. The molecule has 0 bridgehead atoms. The molecule has 0 fully saturated rings. The highest BCUT2D eigenvalue weighted by molar-refractivity contribution is 7.12. The zero-order valence-electron chi connectivity index (χ0n) is 13.7. The van der Waals surface area contributed by atoms with Crippen molar-refractivity contribution < 1.29 is 14.3 Å². The van der Waals surface area contributed by atoms with Crippen molar-refractivity contribution in [2.75, 3.05) is 13.7 Å². The number of carbonyl (C=O) groups is 2. The van der Waals surface area contributed by atoms with Gasteiger partial charge in [0.05, 0.1) is 18.5 Å². The minimum Gasteiger partial charge on any atom is -0.497 e. The summed E-state index contributed by atoms with van der Waals surface area (Å²) in [4.78, 5) is 24.3. The lowest BCUT2D eigenvalue weighted by Gasteiger charge is -2.08. The molecule has 2 amide bonds. The van der Waals surface area contributed by atoms with Gasteiger partial charge in [0, 0.05) is 6.54 Å². The van der Waals surface area contributed by atoms with Gasteiger partial charge in [-0.05, 0) is 46.0 Å². The van der Waals surface area contributed by atoms with Gasteiger partial charge in [-0.1, -0.05) is 24.3 Å². The van der Waals surface area contributed by atoms with Gasteiger partial charge in [-0.3, -0.25) is 9.59 Å². The fourth-order valence-electron chi connectivity index (χ4n) is 2.43. The van der Waals surface area contributed by atoms with E-state index in [9.17, 15) is 9.59 Å². The number of benzene rings is 2. The van der Waals surface area contributed by atoms with E-state index in [0.717, 1.165) is 22.1 Å². The van der Waals surface area contributed by atoms with Crippen LogP contribution in [0.2, 0.25) is 0 Å². The summed E-state index contributed by atoms with van der Waals surface area (Å²) < 4.78 is 5.21. The zero-order chi connectivity index (χ0) is 17.6. The quantitative estimate of drug-likeness (QED) is 0.715. The van der Waals surface area contributed by atoms with Gasteiger partial charge >= 0.3 is 0 Å². The maximum Gasteiger partial charge on any atom is 0.261 e. The van der Waals surface area contributed by atoms with Crippen LogP contribution in [-0.2, 0) is 11.3 Å². The normalized spacial score (nSPS) is 10.4. The average molecular weight is 354 g/mol. The van der Waals surface area contributed by atoms with Gasteiger partial charge in [0.1, 0.15) is 5.75 Å². The van der Waals surface area contributed by atoms with Crippen LogP contribution in [0.15, 0.2) is 53.9 Å². The Hall–Kier alpha value is -2.86. The van der Waals surface area contributed by atoms with E-state index in [1.165, 1.54) is 11.3 Å². The molecule has 0 atom stereocenters. The van der Waals surface area contributed by atoms with Crippen molar-refractivity contribution in [1.82, 2.24) is 10.6 Å². The molecule has 2 aromatic carbocycles. The number of thiophene rings is 1. The molecule has 6 heteroatoms. The molecule has 0 unspecified atom stereocenters. The first-order chi connectivity index (χ1) is 12.2. The van der Waals surface area contributed by atoms with Crippen molar-refractivity contribution >= 4 is 33.9 Å². The molecule has 25 heavy (non-hydrogen) atoms. The Morgan fingerprint density at radius 3 is 2.60 bits per heavy atom. The topological polar surface area (TPSA) is 67.4 Å². The highest BCUT2D eigenvalue weighted by Crippen LogP contribution is 2.21. The molecule has 3 rings (SSSR count). The van der Waals surface area contributed by atoms with Crippen LogP contribution in [0.3, 0.4) is 0 Å². The van der Waals surface area contributed by atoms with E-state index in [1.807, 2.05) is 41.8 Å². The van der Waals surface area contributed by atoms with E-state index in [4.69, 9.17) is 4.74 Å². The third kappa shape index (κ3) is 4.36. The summed E-state index contributed by atoms with van der Waals surface area (Å²) in [6, 6.07) is 15.4. The second-order valence-electron chi connectivity index (χ2n) is 5.48. The predicted molar refractivity (Wildman–Crippen MR) is 99.0 cm³/mol. The fourth-order valence-corrected chi connectivity index (χ4v) is 3.07. The summed E-state index contributed by atoms with van der Waals surface area (Å²) in [7, 11) is 1.64. The van der Waals surface area contributed by atoms with Crippen LogP contribution in [0, 0.1) is 0 Å². The van der Waals surface area contributed by atoms with Crippen molar-refractivity contribution in [2.45, 2.75) is 6.54 Å². The van der Waals surface area contributed by atoms with E-state index < -0.39 is 0 Å². The Kier molecular flexibility index (Phi) is 5.30. The number of hydrogen-bond acceptors (Lipinski definition) is 4. The van der Waals surface area contributed by atoms with Crippen molar-refractivity contribution in [2.24, 2.45) is 0 Å². The van der Waals surface area contributed by atoms with Crippen molar-refractivity contribution in [3.8, 4) is 5.75 Å². The van der Waals surface area contributed by atoms with Crippen molar-refractivity contribution in [3.63, 3.8) is 0 Å². The van der Waals surface area contributed by atoms with Gasteiger partial charge in [0.2, 0.25) is 5.91 Å². The summed E-state index contributed by atoms with van der Waals surface area (Å²) in [6.07, 6.45) is 0. The van der Waals surface area contributed by atoms with E-state index in [0.29, 0.717) is 11.4 Å². The van der Waals surface area contributed by atoms with Crippen molar-refractivity contribution in [3.05, 3.63) is 64.4 Å². The summed E-state index contributed by atoms with van der Waals surface area (Å²) in [5.74, 6) is 0.361. The van der Waals surface area contributed by atoms with E-state index in [1.54, 1.807) is 19.2 Å². The maximum absolute atomic E-state index is 11.9. The second kappa shape index (κ2) is 7.81. The number of methoxy groups -OCH3 is 1. The average Bonchev–Trinajstić information content (AvgIpc) is 3.18. The lowest BCUT2D eigenvalue weighted by Crippen LogP contribution is -2.36. The first-order valence-electron chi connectivity index (χ1n) is 7.81. The standard InChI is InChI=1S/C19H18N2O3S/c1-24-16-7-6-14-9-13(4-5-15(14)10-16)11-20-18(22)12-21-19(23)17-3-2-8-25-17/h2-10H,11-12H2,1H3,(H,20,22)(H,21,23). The fraction of sp³-hybridized carbons (Fsp3) is 0.158. The first-order valence-corrected chi connectivity index (χ1v) is 8.69. The summed E-state index contributed by atoms with van der Waals surface area (Å²) in [6.45, 7) is 0.372. The Morgan fingerprint density at radius 1 is 1.04 bits per heavy atom. The Bertz CT molecular complexity index is 891. The third-order valence-corrected chi connectivity index (χ3v) is 4.62. The molecular weight excluding hydrogens is 336 g/mol. The molecule has 0 aliphatic heterocycles. The predicted octanol–water partition coefficient (Wildman–Crippen LogP) is 2.96. The lowest BCUT2D eigenvalue weighted by molar-refractivity contribution is -0.120. The summed E-state index contributed by atoms with van der Waals surface area (Å²) in [5, 5.41) is 9.41. The SMILES string of the molecule is COc1ccc2cc(CNC(=O)CNC(=O)c3cccs3)ccc2c1. The van der Waals surface area contributed by atoms with Gasteiger partial charge in [-0.25, -0.2) is 0 Å². The highest BCUT2D eigenvalue weighted by Gasteiger charge is 2.08. The largest absolute Gasteiger partial charge is 0.497 e. The smallest absolute Gasteiger partial charge is 0.261 e. The van der Waals surface area contributed by atoms with Crippen LogP contribution in [-0.4, -0.2) is 25.5 Å². The summed E-state index contributed by atoms with van der Waals surface area (Å²) >= 11 is 1.34. The molecular formula is C19H18N2O3S. The van der Waals surface area contributed by atoms with Crippen LogP contribution >= 0.6 is 11.3 Å². The minimum atomic E-state index is -0.232. The molecule has 1 heterocycles. The number of fused-ring (bicyclic) bond motifs is 1. The molecule has 2 N–H and O–H groups in total. The van der Waals surface area contributed by atoms with E-state index in [-0.39, 0.29) is 18.4 Å². The van der Waals surface area contributed by atoms with Gasteiger partial charge in [0.15, 0.2) is 0 Å². The van der Waals surface area contributed by atoms with Crippen LogP contribution in [0.25, 0.3) is 10.8 Å². The molecule has 3 aromatic rings. The van der Waals surface area contributed by atoms with E-state index in [2.05, 4.69) is 10.6 Å². The molecule has 5 nitrogen and oxygen atoms in total. The van der Waals surface area contributed by atoms with Gasteiger partial charge in [0.25, 0.3) is 5.91 Å². The van der Waals surface area contributed by atoms with E-state index >= 15 is 0 Å². The zero-order valence-corrected chi connectivity index (χ0v) is 14.6. The summed E-state index contributed by atoms with van der Waals surface area (Å²) in [5.41, 5.74) is 0.996. The van der Waals surface area contributed by atoms with Gasteiger partial charge in [-0.15, -0.1) is 11.3 Å². The number of carbonyl (C=O) groups excluding carboxylic acids is 2. The van der Waals surface area contributed by atoms with Crippen LogP contribution in [0.5, 0.6) is 5.75 Å². The first kappa shape index (κ1) is 17.0. The molecule has 0 saturated carbocycles. The number of hydrogen-bond donors (Lipinski definition) is 2. The highest BCUT2D eigenvalue weighted by atomic mass is 32.1. The number of amides is 2. The molecule has 0 saturated heterocycles. The minimum absolute atomic E-state index is 0.0402. The molecule has 0 spiro atoms. The molecule has 0 aliphatic carbocycles. The van der Waals surface area contributed by atoms with Gasteiger partial charge in [-0.2, -0.15) is 0 Å². The van der Waals surface area contributed by atoms with Crippen LogP contribution < -0.4 is 15.4 Å². The Labute approximate surface area is 149 Å². The molecule has 0 radical (unpaired) electrons. The Balaban J connectivity index is 1.53. The van der Waals surface area contributed by atoms with Crippen LogP contribution in [0.4, 0.5) is 0 Å². The molecule has 1 aromatic heterocycles. The van der Waals surface area contributed by atoms with Crippen LogP contribution in [0.1, 0.15) is 15.2 Å². The second-order valence-corrected chi connectivity index (χ2v) is 6.43. The third-order valence-electron chi connectivity index (χ3n) is 3.76. The number of rotatable bonds is 6. The number of nitrogens with one attached hydrogen (secondary N) is 2. The maximum atomic E-state index is 11.9.